The fourth-order valence-corrected chi connectivity index (χ4v) is 6.36. The lowest BCUT2D eigenvalue weighted by Crippen LogP contribution is -2.45. The average Bonchev–Trinajstić information content (AvgIpc) is 3.20. The Kier molecular flexibility index (Phi) is 18.1. The Hall–Kier alpha value is -5.92. The molecule has 324 valence electrons. The van der Waals surface area contributed by atoms with Crippen molar-refractivity contribution in [3.05, 3.63) is 78.2 Å². The van der Waals surface area contributed by atoms with Crippen LogP contribution in [-0.2, 0) is 47.8 Å². The number of halogens is 1. The van der Waals surface area contributed by atoms with E-state index >= 15 is 4.39 Å². The SMILES string of the molecule is C=C(C)C(=O)OCC(COC(=O)C(C)=O)(COC(=O)C(C)=O)COc1ccc(-c2cc(OC(=O)C(=C)C)c(C3CCC(CCCCC)CC3)cc2OC(=O)C(=C)C)cc1F. The molecule has 0 bridgehead atoms. The molecule has 1 aliphatic carbocycles. The Bertz CT molecular complexity index is 1930. The number of unbranched alkanes of at least 4 members (excludes halogenated alkanes) is 2. The lowest BCUT2D eigenvalue weighted by atomic mass is 9.76. The van der Waals surface area contributed by atoms with Crippen molar-refractivity contribution in [3.8, 4) is 28.4 Å². The van der Waals surface area contributed by atoms with Gasteiger partial charge < -0.3 is 28.4 Å². The van der Waals surface area contributed by atoms with Gasteiger partial charge in [-0.05, 0) is 88.1 Å². The zero-order valence-electron chi connectivity index (χ0n) is 35.3. The smallest absolute Gasteiger partial charge is 0.374 e. The summed E-state index contributed by atoms with van der Waals surface area (Å²) in [5.74, 6) is -7.20. The van der Waals surface area contributed by atoms with Crippen molar-refractivity contribution in [1.29, 1.82) is 0 Å². The standard InChI is InChI=1S/C46H55FO13/c1-10-11-12-13-32-14-16-33(17-15-32)35-21-40(60-43(52)29(6)7)36(22-39(35)59-42(51)28(4)5)34-18-19-38(37(47)20-34)55-23-46(24-56-41(50)27(2)3,25-57-44(53)30(8)48)26-58-45(54)31(9)49/h18-22,32-33H,2,4,6,10-17,23-26H2,1,3,5,7-9H3. The Morgan fingerprint density at radius 1 is 0.633 bits per heavy atom. The van der Waals surface area contributed by atoms with E-state index in [1.54, 1.807) is 6.07 Å². The van der Waals surface area contributed by atoms with E-state index in [4.69, 9.17) is 28.4 Å². The van der Waals surface area contributed by atoms with Crippen LogP contribution in [0.15, 0.2) is 66.8 Å². The molecule has 0 aromatic heterocycles. The molecule has 14 heteroatoms. The van der Waals surface area contributed by atoms with E-state index in [2.05, 4.69) is 26.7 Å². The van der Waals surface area contributed by atoms with Gasteiger partial charge in [0.15, 0.2) is 11.6 Å². The highest BCUT2D eigenvalue weighted by Gasteiger charge is 2.39. The van der Waals surface area contributed by atoms with E-state index in [1.165, 1.54) is 51.8 Å². The van der Waals surface area contributed by atoms with Crippen molar-refractivity contribution in [2.24, 2.45) is 11.3 Å². The van der Waals surface area contributed by atoms with Crippen molar-refractivity contribution in [2.45, 2.75) is 98.8 Å². The Morgan fingerprint density at radius 2 is 1.15 bits per heavy atom. The van der Waals surface area contributed by atoms with Crippen LogP contribution in [0.2, 0.25) is 0 Å². The molecule has 1 fully saturated rings. The van der Waals surface area contributed by atoms with Gasteiger partial charge in [-0.2, -0.15) is 0 Å². The van der Waals surface area contributed by atoms with Gasteiger partial charge in [0.05, 0.1) is 0 Å². The lowest BCUT2D eigenvalue weighted by Gasteiger charge is -2.31. The number of carbonyl (C=O) groups excluding carboxylic acids is 7. The molecule has 0 spiro atoms. The zero-order valence-corrected chi connectivity index (χ0v) is 35.3. The normalized spacial score (nSPS) is 14.8. The number of hydrogen-bond acceptors (Lipinski definition) is 13. The zero-order chi connectivity index (χ0) is 44.7. The first-order valence-electron chi connectivity index (χ1n) is 19.8. The number of carbonyl (C=O) groups is 7. The third-order valence-electron chi connectivity index (χ3n) is 9.95. The molecule has 2 aromatic rings. The molecule has 0 heterocycles. The van der Waals surface area contributed by atoms with Crippen molar-refractivity contribution < 1.29 is 66.4 Å². The van der Waals surface area contributed by atoms with Gasteiger partial charge in [0, 0.05) is 41.7 Å². The summed E-state index contributed by atoms with van der Waals surface area (Å²) in [6.45, 7) is 16.6. The number of ketones is 2. The highest BCUT2D eigenvalue weighted by molar-refractivity contribution is 6.32. The van der Waals surface area contributed by atoms with E-state index in [0.29, 0.717) is 11.5 Å². The summed E-state index contributed by atoms with van der Waals surface area (Å²) >= 11 is 0. The van der Waals surface area contributed by atoms with Gasteiger partial charge in [0.2, 0.25) is 11.6 Å². The quantitative estimate of drug-likeness (QED) is 0.0278. The molecule has 13 nitrogen and oxygen atoms in total. The first-order chi connectivity index (χ1) is 28.3. The summed E-state index contributed by atoms with van der Waals surface area (Å²) < 4.78 is 49.1. The Balaban J connectivity index is 2.08. The second-order valence-corrected chi connectivity index (χ2v) is 15.5. The van der Waals surface area contributed by atoms with Crippen molar-refractivity contribution >= 4 is 41.4 Å². The molecule has 1 saturated carbocycles. The molecule has 0 amide bonds. The number of benzene rings is 2. The van der Waals surface area contributed by atoms with Gasteiger partial charge in [-0.3, -0.25) is 9.59 Å². The third-order valence-corrected chi connectivity index (χ3v) is 9.95. The fraction of sp³-hybridized carbons (Fsp3) is 0.457. The number of rotatable bonds is 22. The van der Waals surface area contributed by atoms with E-state index in [-0.39, 0.29) is 51.0 Å². The molecule has 0 saturated heterocycles. The van der Waals surface area contributed by atoms with Gasteiger partial charge in [0.1, 0.15) is 43.3 Å². The molecule has 0 unspecified atom stereocenters. The summed E-state index contributed by atoms with van der Waals surface area (Å²) in [5.41, 5.74) is -0.446. The van der Waals surface area contributed by atoms with E-state index in [1.807, 2.05) is 0 Å². The molecule has 1 aliphatic rings. The van der Waals surface area contributed by atoms with E-state index < -0.39 is 79.1 Å². The summed E-state index contributed by atoms with van der Waals surface area (Å²) in [4.78, 5) is 86.0. The number of Topliss-reactive ketones (excluding diaryl/α,β-unsaturated/α-hetero) is 2. The summed E-state index contributed by atoms with van der Waals surface area (Å²) in [5, 5.41) is 0. The van der Waals surface area contributed by atoms with Crippen LogP contribution >= 0.6 is 0 Å². The number of ether oxygens (including phenoxy) is 6. The van der Waals surface area contributed by atoms with Crippen molar-refractivity contribution in [3.63, 3.8) is 0 Å². The maximum Gasteiger partial charge on any atom is 0.374 e. The summed E-state index contributed by atoms with van der Waals surface area (Å²) in [7, 11) is 0. The Labute approximate surface area is 350 Å². The van der Waals surface area contributed by atoms with Crippen molar-refractivity contribution in [2.75, 3.05) is 26.4 Å². The maximum absolute atomic E-state index is 16.1. The minimum atomic E-state index is -1.76. The topological polar surface area (TPSA) is 175 Å². The number of esters is 5. The monoisotopic (exact) mass is 834 g/mol. The summed E-state index contributed by atoms with van der Waals surface area (Å²) in [6, 6.07) is 6.95. The van der Waals surface area contributed by atoms with Crippen LogP contribution in [0.3, 0.4) is 0 Å². The lowest BCUT2D eigenvalue weighted by molar-refractivity contribution is -0.168. The average molecular weight is 835 g/mol. The molecule has 0 N–H and O–H groups in total. The minimum absolute atomic E-state index is 0.00280. The molecular formula is C46H55FO13. The van der Waals surface area contributed by atoms with Crippen LogP contribution in [0.5, 0.6) is 17.2 Å². The molecule has 0 atom stereocenters. The maximum atomic E-state index is 16.1. The highest BCUT2D eigenvalue weighted by Crippen LogP contribution is 2.46. The van der Waals surface area contributed by atoms with Crippen LogP contribution in [0.4, 0.5) is 4.39 Å². The first-order valence-corrected chi connectivity index (χ1v) is 19.8. The van der Waals surface area contributed by atoms with E-state index in [9.17, 15) is 33.6 Å². The molecule has 0 aliphatic heterocycles. The third kappa shape index (κ3) is 14.1. The second kappa shape index (κ2) is 22.5. The van der Waals surface area contributed by atoms with Crippen LogP contribution in [-0.4, -0.2) is 67.8 Å². The van der Waals surface area contributed by atoms with Crippen LogP contribution < -0.4 is 14.2 Å². The van der Waals surface area contributed by atoms with Crippen molar-refractivity contribution in [1.82, 2.24) is 0 Å². The van der Waals surface area contributed by atoms with Crippen LogP contribution in [0, 0.1) is 17.2 Å². The van der Waals surface area contributed by atoms with Gasteiger partial charge in [-0.25, -0.2) is 28.4 Å². The van der Waals surface area contributed by atoms with Gasteiger partial charge >= 0.3 is 29.8 Å². The second-order valence-electron chi connectivity index (χ2n) is 15.5. The minimum Gasteiger partial charge on any atom is -0.490 e. The molecule has 60 heavy (non-hydrogen) atoms. The van der Waals surface area contributed by atoms with Crippen LogP contribution in [0.25, 0.3) is 11.1 Å². The molecule has 2 aromatic carbocycles. The predicted octanol–water partition coefficient (Wildman–Crippen LogP) is 8.06. The summed E-state index contributed by atoms with van der Waals surface area (Å²) in [6.07, 6.45) is 8.23. The molecule has 0 radical (unpaired) electrons. The van der Waals surface area contributed by atoms with E-state index in [0.717, 1.165) is 58.4 Å². The van der Waals surface area contributed by atoms with Gasteiger partial charge in [-0.1, -0.05) is 58.4 Å². The van der Waals surface area contributed by atoms with Gasteiger partial charge in [0.25, 0.3) is 0 Å². The largest absolute Gasteiger partial charge is 0.490 e. The number of hydrogen-bond donors (Lipinski definition) is 0. The Morgan fingerprint density at radius 3 is 1.63 bits per heavy atom. The predicted molar refractivity (Wildman–Crippen MR) is 219 cm³/mol. The first kappa shape index (κ1) is 48.4. The molecular weight excluding hydrogens is 779 g/mol. The highest BCUT2D eigenvalue weighted by atomic mass is 19.1. The van der Waals surface area contributed by atoms with Gasteiger partial charge in [-0.15, -0.1) is 0 Å². The fourth-order valence-electron chi connectivity index (χ4n) is 6.36. The molecule has 3 rings (SSSR count). The van der Waals surface area contributed by atoms with Crippen LogP contribution in [0.1, 0.15) is 104 Å².